The first kappa shape index (κ1) is 15.5. The van der Waals surface area contributed by atoms with Crippen molar-refractivity contribution in [2.24, 2.45) is 0 Å². The summed E-state index contributed by atoms with van der Waals surface area (Å²) in [5.74, 6) is 0. The fraction of sp³-hybridized carbons (Fsp3) is 1.00. The van der Waals surface area contributed by atoms with Gasteiger partial charge in [-0.15, -0.1) is 0 Å². The monoisotopic (exact) mass is 186 g/mol. The van der Waals surface area contributed by atoms with Crippen molar-refractivity contribution in [2.75, 3.05) is 0 Å². The predicted octanol–water partition coefficient (Wildman–Crippen LogP) is 5.56. The summed E-state index contributed by atoms with van der Waals surface area (Å²) in [4.78, 5) is 0. The molecule has 0 radical (unpaired) electrons. The Morgan fingerprint density at radius 1 is 0.462 bits per heavy atom. The van der Waals surface area contributed by atoms with Crippen LogP contribution in [0.5, 0.6) is 0 Å². The van der Waals surface area contributed by atoms with Crippen LogP contribution in [0.15, 0.2) is 0 Å². The van der Waals surface area contributed by atoms with Crippen LogP contribution in [-0.4, -0.2) is 0 Å². The average Bonchev–Trinajstić information content (AvgIpc) is 2.20. The van der Waals surface area contributed by atoms with Crippen LogP contribution in [0.25, 0.3) is 0 Å². The van der Waals surface area contributed by atoms with Crippen LogP contribution in [0.1, 0.15) is 85.5 Å². The molecule has 0 heteroatoms. The van der Waals surface area contributed by atoms with Crippen molar-refractivity contribution in [1.29, 1.82) is 0 Å². The Balaban J connectivity index is 0. The molecule has 0 aliphatic carbocycles. The molecular formula is C13H30. The van der Waals surface area contributed by atoms with Crippen molar-refractivity contribution in [3.63, 3.8) is 0 Å². The second-order valence-electron chi connectivity index (χ2n) is 3.47. The molecule has 0 atom stereocenters. The summed E-state index contributed by atoms with van der Waals surface area (Å²) >= 11 is 0. The molecule has 0 aliphatic rings. The number of unbranched alkanes of at least 4 members (excludes halogenated alkanes) is 8. The molecule has 0 aliphatic heterocycles. The van der Waals surface area contributed by atoms with E-state index in [4.69, 9.17) is 0 Å². The number of hydrogen-bond acceptors (Lipinski definition) is 0. The van der Waals surface area contributed by atoms with E-state index in [1.165, 1.54) is 57.8 Å². The highest BCUT2D eigenvalue weighted by Gasteiger charge is 1.88. The SMILES string of the molecule is CC.CCCCCCCCCCC. The molecule has 13 heavy (non-hydrogen) atoms. The lowest BCUT2D eigenvalue weighted by Crippen LogP contribution is -1.79. The number of rotatable bonds is 8. The largest absolute Gasteiger partial charge is 0.0683 e. The molecule has 0 amide bonds. The van der Waals surface area contributed by atoms with Gasteiger partial charge < -0.3 is 0 Å². The molecule has 0 aromatic carbocycles. The van der Waals surface area contributed by atoms with Gasteiger partial charge in [-0.25, -0.2) is 0 Å². The van der Waals surface area contributed by atoms with E-state index < -0.39 is 0 Å². The van der Waals surface area contributed by atoms with E-state index >= 15 is 0 Å². The van der Waals surface area contributed by atoms with Crippen molar-refractivity contribution in [3.05, 3.63) is 0 Å². The molecule has 0 unspecified atom stereocenters. The van der Waals surface area contributed by atoms with Crippen LogP contribution in [0.3, 0.4) is 0 Å². The van der Waals surface area contributed by atoms with Crippen LogP contribution in [0.4, 0.5) is 0 Å². The lowest BCUT2D eigenvalue weighted by molar-refractivity contribution is 0.572. The van der Waals surface area contributed by atoms with Gasteiger partial charge in [0.15, 0.2) is 0 Å². The van der Waals surface area contributed by atoms with E-state index in [1.54, 1.807) is 0 Å². The summed E-state index contributed by atoms with van der Waals surface area (Å²) in [6.45, 7) is 8.55. The molecule has 0 bridgehead atoms. The summed E-state index contributed by atoms with van der Waals surface area (Å²) in [6.07, 6.45) is 13.0. The summed E-state index contributed by atoms with van der Waals surface area (Å²) in [6, 6.07) is 0. The summed E-state index contributed by atoms with van der Waals surface area (Å²) in [5, 5.41) is 0. The van der Waals surface area contributed by atoms with Crippen LogP contribution in [-0.2, 0) is 0 Å². The standard InChI is InChI=1S/C11H24.C2H6/c1-3-5-7-9-11-10-8-6-4-2;1-2/h3-11H2,1-2H3;1-2H3. The summed E-state index contributed by atoms with van der Waals surface area (Å²) in [7, 11) is 0. The van der Waals surface area contributed by atoms with Gasteiger partial charge >= 0.3 is 0 Å². The van der Waals surface area contributed by atoms with Gasteiger partial charge in [0.2, 0.25) is 0 Å². The Morgan fingerprint density at radius 3 is 0.923 bits per heavy atom. The highest BCUT2D eigenvalue weighted by molar-refractivity contribution is 4.44. The molecule has 0 nitrogen and oxygen atoms in total. The zero-order valence-electron chi connectivity index (χ0n) is 10.4. The normalized spacial score (nSPS) is 9.23. The Bertz CT molecular complexity index is 49.1. The van der Waals surface area contributed by atoms with Crippen LogP contribution in [0, 0.1) is 0 Å². The smallest absolute Gasteiger partial charge is 0.0533 e. The Morgan fingerprint density at radius 2 is 0.692 bits per heavy atom. The molecule has 0 N–H and O–H groups in total. The highest BCUT2D eigenvalue weighted by atomic mass is 13.9. The van der Waals surface area contributed by atoms with Gasteiger partial charge in [-0.3, -0.25) is 0 Å². The zero-order valence-corrected chi connectivity index (χ0v) is 10.4. The third-order valence-corrected chi connectivity index (χ3v) is 2.21. The second kappa shape index (κ2) is 17.9. The molecule has 0 aromatic rings. The molecule has 82 valence electrons. The third-order valence-electron chi connectivity index (χ3n) is 2.21. The zero-order chi connectivity index (χ0) is 10.4. The van der Waals surface area contributed by atoms with Gasteiger partial charge in [0.25, 0.3) is 0 Å². The molecular weight excluding hydrogens is 156 g/mol. The predicted molar refractivity (Wildman–Crippen MR) is 64.2 cm³/mol. The highest BCUT2D eigenvalue weighted by Crippen LogP contribution is 2.08. The van der Waals surface area contributed by atoms with E-state index in [2.05, 4.69) is 13.8 Å². The van der Waals surface area contributed by atoms with Crippen LogP contribution in [0.2, 0.25) is 0 Å². The maximum atomic E-state index is 2.27. The molecule has 0 saturated carbocycles. The fourth-order valence-corrected chi connectivity index (χ4v) is 1.38. The molecule has 0 aromatic heterocycles. The van der Waals surface area contributed by atoms with Crippen molar-refractivity contribution in [3.8, 4) is 0 Å². The first-order valence-electron chi connectivity index (χ1n) is 6.41. The average molecular weight is 186 g/mol. The van der Waals surface area contributed by atoms with Gasteiger partial charge in [-0.05, 0) is 0 Å². The van der Waals surface area contributed by atoms with Crippen molar-refractivity contribution in [1.82, 2.24) is 0 Å². The quantitative estimate of drug-likeness (QED) is 0.435. The maximum absolute atomic E-state index is 2.27. The molecule has 0 spiro atoms. The lowest BCUT2D eigenvalue weighted by Gasteiger charge is -1.98. The number of hydrogen-bond donors (Lipinski definition) is 0. The van der Waals surface area contributed by atoms with Crippen LogP contribution >= 0.6 is 0 Å². The molecule has 0 saturated heterocycles. The third kappa shape index (κ3) is 18.8. The first-order valence-corrected chi connectivity index (χ1v) is 6.41. The van der Waals surface area contributed by atoms with Crippen LogP contribution < -0.4 is 0 Å². The van der Waals surface area contributed by atoms with Gasteiger partial charge in [-0.2, -0.15) is 0 Å². The minimum atomic E-state index is 1.37. The minimum absolute atomic E-state index is 1.37. The summed E-state index contributed by atoms with van der Waals surface area (Å²) < 4.78 is 0. The fourth-order valence-electron chi connectivity index (χ4n) is 1.38. The van der Waals surface area contributed by atoms with E-state index in [0.717, 1.165) is 0 Å². The van der Waals surface area contributed by atoms with Crippen molar-refractivity contribution >= 4 is 0 Å². The minimum Gasteiger partial charge on any atom is -0.0683 e. The molecule has 0 heterocycles. The van der Waals surface area contributed by atoms with Gasteiger partial charge in [0.1, 0.15) is 0 Å². The van der Waals surface area contributed by atoms with E-state index in [1.807, 2.05) is 13.8 Å². The Hall–Kier alpha value is 0. The lowest BCUT2D eigenvalue weighted by atomic mass is 10.1. The molecule has 0 fully saturated rings. The van der Waals surface area contributed by atoms with Crippen molar-refractivity contribution in [2.45, 2.75) is 85.5 Å². The van der Waals surface area contributed by atoms with Gasteiger partial charge in [0, 0.05) is 0 Å². The first-order chi connectivity index (χ1) is 6.41. The maximum Gasteiger partial charge on any atom is -0.0533 e. The van der Waals surface area contributed by atoms with E-state index in [-0.39, 0.29) is 0 Å². The second-order valence-corrected chi connectivity index (χ2v) is 3.47. The topological polar surface area (TPSA) is 0 Å². The van der Waals surface area contributed by atoms with E-state index in [9.17, 15) is 0 Å². The van der Waals surface area contributed by atoms with Crippen molar-refractivity contribution < 1.29 is 0 Å². The summed E-state index contributed by atoms with van der Waals surface area (Å²) in [5.41, 5.74) is 0. The molecule has 0 rings (SSSR count). The Labute approximate surface area is 86.1 Å². The van der Waals surface area contributed by atoms with Gasteiger partial charge in [0.05, 0.1) is 0 Å². The Kier molecular flexibility index (Phi) is 21.3. The van der Waals surface area contributed by atoms with E-state index in [0.29, 0.717) is 0 Å². The van der Waals surface area contributed by atoms with Gasteiger partial charge in [-0.1, -0.05) is 85.5 Å².